The third kappa shape index (κ3) is 2.92. The van der Waals surface area contributed by atoms with Gasteiger partial charge in [-0.05, 0) is 50.4 Å². The van der Waals surface area contributed by atoms with Crippen LogP contribution in [0.3, 0.4) is 0 Å². The molecule has 0 aromatic heterocycles. The van der Waals surface area contributed by atoms with Gasteiger partial charge in [-0.25, -0.2) is 8.78 Å². The lowest BCUT2D eigenvalue weighted by Gasteiger charge is -2.37. The molecular weight excluding hydrogens is 250 g/mol. The van der Waals surface area contributed by atoms with Crippen molar-refractivity contribution in [3.8, 4) is 0 Å². The van der Waals surface area contributed by atoms with Crippen molar-refractivity contribution < 1.29 is 13.6 Å². The molecule has 1 aliphatic rings. The predicted molar refractivity (Wildman–Crippen MR) is 68.6 cm³/mol. The number of amides is 1. The first kappa shape index (κ1) is 13.9. The zero-order valence-corrected chi connectivity index (χ0v) is 10.9. The number of halogens is 2. The average molecular weight is 268 g/mol. The number of likely N-dealkylation sites (tertiary alicyclic amines) is 1. The summed E-state index contributed by atoms with van der Waals surface area (Å²) in [6.07, 6.45) is 1.89. The van der Waals surface area contributed by atoms with Crippen LogP contribution in [0.15, 0.2) is 18.2 Å². The standard InChI is InChI=1S/C14H18F2N2O/c1-9-2-3-10(7-17)8-18(9)14(19)11-4-5-12(15)13(16)6-11/h4-6,9-10H,2-3,7-8,17H2,1H3. The Balaban J connectivity index is 2.19. The smallest absolute Gasteiger partial charge is 0.254 e. The number of rotatable bonds is 2. The molecule has 1 aromatic rings. The summed E-state index contributed by atoms with van der Waals surface area (Å²) in [7, 11) is 0. The number of hydrogen-bond acceptors (Lipinski definition) is 2. The molecule has 19 heavy (non-hydrogen) atoms. The highest BCUT2D eigenvalue weighted by Crippen LogP contribution is 2.23. The van der Waals surface area contributed by atoms with E-state index in [1.807, 2.05) is 6.92 Å². The van der Waals surface area contributed by atoms with Crippen molar-refractivity contribution >= 4 is 5.91 Å². The van der Waals surface area contributed by atoms with E-state index in [2.05, 4.69) is 0 Å². The Labute approximate surface area is 111 Å². The number of piperidine rings is 1. The number of benzene rings is 1. The van der Waals surface area contributed by atoms with Crippen LogP contribution in [0, 0.1) is 17.6 Å². The minimum Gasteiger partial charge on any atom is -0.336 e. The summed E-state index contributed by atoms with van der Waals surface area (Å²) < 4.78 is 26.1. The second-order valence-electron chi connectivity index (χ2n) is 5.11. The van der Waals surface area contributed by atoms with Gasteiger partial charge >= 0.3 is 0 Å². The molecule has 0 bridgehead atoms. The molecule has 0 saturated carbocycles. The molecule has 0 radical (unpaired) electrons. The van der Waals surface area contributed by atoms with Crippen molar-refractivity contribution in [2.45, 2.75) is 25.8 Å². The van der Waals surface area contributed by atoms with E-state index >= 15 is 0 Å². The fraction of sp³-hybridized carbons (Fsp3) is 0.500. The van der Waals surface area contributed by atoms with Crippen LogP contribution in [-0.2, 0) is 0 Å². The quantitative estimate of drug-likeness (QED) is 0.893. The first-order valence-electron chi connectivity index (χ1n) is 6.49. The van der Waals surface area contributed by atoms with Crippen LogP contribution in [-0.4, -0.2) is 29.9 Å². The maximum Gasteiger partial charge on any atom is 0.254 e. The molecule has 2 unspecified atom stereocenters. The SMILES string of the molecule is CC1CCC(CN)CN1C(=O)c1ccc(F)c(F)c1. The van der Waals surface area contributed by atoms with Crippen LogP contribution in [0.5, 0.6) is 0 Å². The van der Waals surface area contributed by atoms with E-state index in [9.17, 15) is 13.6 Å². The Morgan fingerprint density at radius 2 is 2.11 bits per heavy atom. The van der Waals surface area contributed by atoms with E-state index in [1.54, 1.807) is 4.90 Å². The van der Waals surface area contributed by atoms with Gasteiger partial charge in [0.05, 0.1) is 0 Å². The molecule has 1 saturated heterocycles. The molecule has 2 N–H and O–H groups in total. The minimum atomic E-state index is -0.995. The lowest BCUT2D eigenvalue weighted by molar-refractivity contribution is 0.0566. The summed E-state index contributed by atoms with van der Waals surface area (Å²) in [6, 6.07) is 3.36. The highest BCUT2D eigenvalue weighted by Gasteiger charge is 2.29. The minimum absolute atomic E-state index is 0.100. The van der Waals surface area contributed by atoms with Gasteiger partial charge in [0.25, 0.3) is 5.91 Å². The van der Waals surface area contributed by atoms with Crippen LogP contribution in [0.4, 0.5) is 8.78 Å². The van der Waals surface area contributed by atoms with Gasteiger partial charge in [0.1, 0.15) is 0 Å². The van der Waals surface area contributed by atoms with Crippen molar-refractivity contribution in [1.29, 1.82) is 0 Å². The Morgan fingerprint density at radius 3 is 2.74 bits per heavy atom. The first-order chi connectivity index (χ1) is 9.02. The third-order valence-corrected chi connectivity index (χ3v) is 3.74. The Morgan fingerprint density at radius 1 is 1.37 bits per heavy atom. The monoisotopic (exact) mass is 268 g/mol. The van der Waals surface area contributed by atoms with Gasteiger partial charge in [0.15, 0.2) is 11.6 Å². The summed E-state index contributed by atoms with van der Waals surface area (Å²) in [5, 5.41) is 0. The molecular formula is C14H18F2N2O. The van der Waals surface area contributed by atoms with Crippen LogP contribution in [0.1, 0.15) is 30.1 Å². The van der Waals surface area contributed by atoms with Crippen molar-refractivity contribution in [3.63, 3.8) is 0 Å². The fourth-order valence-electron chi connectivity index (χ4n) is 2.45. The van der Waals surface area contributed by atoms with Gasteiger partial charge in [0.2, 0.25) is 0 Å². The summed E-state index contributed by atoms with van der Waals surface area (Å²) in [4.78, 5) is 14.0. The maximum absolute atomic E-state index is 13.2. The Hall–Kier alpha value is -1.49. The molecule has 1 aromatic carbocycles. The van der Waals surface area contributed by atoms with E-state index in [-0.39, 0.29) is 23.4 Å². The van der Waals surface area contributed by atoms with Gasteiger partial charge in [-0.1, -0.05) is 0 Å². The number of carbonyl (C=O) groups is 1. The normalized spacial score (nSPS) is 23.5. The summed E-state index contributed by atoms with van der Waals surface area (Å²) >= 11 is 0. The Bertz CT molecular complexity index is 479. The van der Waals surface area contributed by atoms with Crippen LogP contribution in [0.2, 0.25) is 0 Å². The summed E-state index contributed by atoms with van der Waals surface area (Å²) in [5.74, 6) is -1.91. The van der Waals surface area contributed by atoms with Crippen LogP contribution < -0.4 is 5.73 Å². The molecule has 3 nitrogen and oxygen atoms in total. The predicted octanol–water partition coefficient (Wildman–Crippen LogP) is 2.16. The molecule has 2 atom stereocenters. The Kier molecular flexibility index (Phi) is 4.14. The number of hydrogen-bond donors (Lipinski definition) is 1. The van der Waals surface area contributed by atoms with Gasteiger partial charge < -0.3 is 10.6 Å². The zero-order chi connectivity index (χ0) is 14.0. The molecule has 5 heteroatoms. The van der Waals surface area contributed by atoms with Crippen molar-refractivity contribution in [2.24, 2.45) is 11.7 Å². The highest BCUT2D eigenvalue weighted by atomic mass is 19.2. The lowest BCUT2D eigenvalue weighted by atomic mass is 9.93. The van der Waals surface area contributed by atoms with Crippen molar-refractivity contribution in [3.05, 3.63) is 35.4 Å². The van der Waals surface area contributed by atoms with Crippen molar-refractivity contribution in [1.82, 2.24) is 4.90 Å². The fourth-order valence-corrected chi connectivity index (χ4v) is 2.45. The molecule has 1 heterocycles. The van der Waals surface area contributed by atoms with Gasteiger partial charge in [-0.3, -0.25) is 4.79 Å². The van der Waals surface area contributed by atoms with Crippen LogP contribution in [0.25, 0.3) is 0 Å². The van der Waals surface area contributed by atoms with E-state index in [0.717, 1.165) is 25.0 Å². The van der Waals surface area contributed by atoms with E-state index < -0.39 is 11.6 Å². The van der Waals surface area contributed by atoms with E-state index in [1.165, 1.54) is 6.07 Å². The summed E-state index contributed by atoms with van der Waals surface area (Å²) in [5.41, 5.74) is 5.83. The molecule has 1 fully saturated rings. The second kappa shape index (κ2) is 5.65. The van der Waals surface area contributed by atoms with Gasteiger partial charge in [0, 0.05) is 18.2 Å². The lowest BCUT2D eigenvalue weighted by Crippen LogP contribution is -2.47. The first-order valence-corrected chi connectivity index (χ1v) is 6.49. The molecule has 104 valence electrons. The number of nitrogens with zero attached hydrogens (tertiary/aromatic N) is 1. The summed E-state index contributed by atoms with van der Waals surface area (Å²) in [6.45, 7) is 3.08. The van der Waals surface area contributed by atoms with E-state index in [4.69, 9.17) is 5.73 Å². The van der Waals surface area contributed by atoms with Gasteiger partial charge in [-0.2, -0.15) is 0 Å². The maximum atomic E-state index is 13.2. The average Bonchev–Trinajstić information content (AvgIpc) is 2.41. The molecule has 2 rings (SSSR count). The molecule has 1 aliphatic heterocycles. The molecule has 0 aliphatic carbocycles. The largest absolute Gasteiger partial charge is 0.336 e. The van der Waals surface area contributed by atoms with Crippen molar-refractivity contribution in [2.75, 3.05) is 13.1 Å². The topological polar surface area (TPSA) is 46.3 Å². The van der Waals surface area contributed by atoms with Crippen LogP contribution >= 0.6 is 0 Å². The zero-order valence-electron chi connectivity index (χ0n) is 10.9. The molecule has 1 amide bonds. The van der Waals surface area contributed by atoms with Gasteiger partial charge in [-0.15, -0.1) is 0 Å². The number of nitrogens with two attached hydrogens (primary N) is 1. The molecule has 0 spiro atoms. The van der Waals surface area contributed by atoms with E-state index in [0.29, 0.717) is 13.1 Å². The second-order valence-corrected chi connectivity index (χ2v) is 5.11. The third-order valence-electron chi connectivity index (χ3n) is 3.74. The highest BCUT2D eigenvalue weighted by molar-refractivity contribution is 5.94. The number of carbonyl (C=O) groups excluding carboxylic acids is 1.